The first-order valence-corrected chi connectivity index (χ1v) is 9.67. The van der Waals surface area contributed by atoms with Crippen LogP contribution in [0.1, 0.15) is 32.3 Å². The zero-order valence-electron chi connectivity index (χ0n) is 16.4. The smallest absolute Gasteiger partial charge is 0.475 e. The van der Waals surface area contributed by atoms with Gasteiger partial charge >= 0.3 is 12.1 Å². The van der Waals surface area contributed by atoms with Gasteiger partial charge in [0.2, 0.25) is 5.91 Å². The Morgan fingerprint density at radius 3 is 2.33 bits per heavy atom. The quantitative estimate of drug-likeness (QED) is 0.622. The SMILES string of the molecule is CC(C)(CNC(=O)C1(C#N)CCCNC1)c1ccc(Cl)c(Cl)c1.O=C(O)C(F)(F)F. The van der Waals surface area contributed by atoms with Gasteiger partial charge in [0.25, 0.3) is 0 Å². The summed E-state index contributed by atoms with van der Waals surface area (Å²) >= 11 is 12.0. The summed E-state index contributed by atoms with van der Waals surface area (Å²) < 4.78 is 31.7. The van der Waals surface area contributed by atoms with Crippen molar-refractivity contribution in [2.24, 2.45) is 5.41 Å². The minimum Gasteiger partial charge on any atom is -0.475 e. The number of alkyl halides is 3. The van der Waals surface area contributed by atoms with E-state index < -0.39 is 17.6 Å². The molecule has 30 heavy (non-hydrogen) atoms. The van der Waals surface area contributed by atoms with Gasteiger partial charge in [-0.05, 0) is 37.1 Å². The van der Waals surface area contributed by atoms with E-state index in [9.17, 15) is 23.2 Å². The Bertz CT molecular complexity index is 817. The van der Waals surface area contributed by atoms with Crippen molar-refractivity contribution >= 4 is 35.1 Å². The number of nitrogens with zero attached hydrogens (tertiary/aromatic N) is 1. The molecule has 0 spiro atoms. The monoisotopic (exact) mass is 467 g/mol. The number of hydrogen-bond acceptors (Lipinski definition) is 4. The number of carbonyl (C=O) groups excluding carboxylic acids is 1. The minimum atomic E-state index is -5.08. The van der Waals surface area contributed by atoms with Crippen molar-refractivity contribution in [3.05, 3.63) is 33.8 Å². The van der Waals surface area contributed by atoms with E-state index in [1.165, 1.54) is 0 Å². The van der Waals surface area contributed by atoms with Gasteiger partial charge in [-0.25, -0.2) is 4.79 Å². The Labute approximate surface area is 182 Å². The predicted octanol–water partition coefficient (Wildman–Crippen LogP) is 3.91. The third-order valence-electron chi connectivity index (χ3n) is 4.67. The summed E-state index contributed by atoms with van der Waals surface area (Å²) in [5.74, 6) is -2.96. The molecule has 2 rings (SSSR count). The van der Waals surface area contributed by atoms with Crippen LogP contribution >= 0.6 is 23.2 Å². The first-order chi connectivity index (χ1) is 13.7. The summed E-state index contributed by atoms with van der Waals surface area (Å²) in [7, 11) is 0. The molecule has 3 N–H and O–H groups in total. The lowest BCUT2D eigenvalue weighted by molar-refractivity contribution is -0.192. The Hall–Kier alpha value is -2.02. The molecule has 1 saturated heterocycles. The molecule has 1 fully saturated rings. The van der Waals surface area contributed by atoms with Gasteiger partial charge in [0.05, 0.1) is 16.1 Å². The van der Waals surface area contributed by atoms with Crippen LogP contribution in [-0.2, 0) is 15.0 Å². The molecule has 1 unspecified atom stereocenters. The average molecular weight is 468 g/mol. The molecule has 1 aliphatic heterocycles. The van der Waals surface area contributed by atoms with Gasteiger partial charge in [-0.2, -0.15) is 18.4 Å². The van der Waals surface area contributed by atoms with E-state index in [1.807, 2.05) is 26.0 Å². The number of nitriles is 1. The molecule has 6 nitrogen and oxygen atoms in total. The maximum Gasteiger partial charge on any atom is 0.490 e. The molecule has 166 valence electrons. The van der Waals surface area contributed by atoms with Crippen molar-refractivity contribution in [2.75, 3.05) is 19.6 Å². The minimum absolute atomic E-state index is 0.208. The van der Waals surface area contributed by atoms with E-state index in [2.05, 4.69) is 16.7 Å². The number of aliphatic carboxylic acids is 1. The molecule has 1 atom stereocenters. The van der Waals surface area contributed by atoms with E-state index in [0.29, 0.717) is 29.6 Å². The Morgan fingerprint density at radius 1 is 1.30 bits per heavy atom. The summed E-state index contributed by atoms with van der Waals surface area (Å²) in [6.07, 6.45) is -3.66. The van der Waals surface area contributed by atoms with Crippen molar-refractivity contribution < 1.29 is 27.9 Å². The summed E-state index contributed by atoms with van der Waals surface area (Å²) in [4.78, 5) is 21.4. The summed E-state index contributed by atoms with van der Waals surface area (Å²) in [5, 5.41) is 23.6. The number of rotatable bonds is 4. The van der Waals surface area contributed by atoms with Gasteiger partial charge in [-0.3, -0.25) is 4.79 Å². The highest BCUT2D eigenvalue weighted by molar-refractivity contribution is 6.42. The number of halogens is 5. The number of benzene rings is 1. The molecule has 0 aromatic heterocycles. The summed E-state index contributed by atoms with van der Waals surface area (Å²) in [5.41, 5.74) is -0.297. The fourth-order valence-corrected chi connectivity index (χ4v) is 3.03. The standard InChI is InChI=1S/C17H21Cl2N3O.C2HF3O2/c1-16(2,12-4-5-13(18)14(19)8-12)10-22-15(23)17(9-20)6-3-7-21-11-17;3-2(4,5)1(6)7/h4-5,8,21H,3,6-7,10-11H2,1-2H3,(H,22,23);(H,6,7). The summed E-state index contributed by atoms with van der Waals surface area (Å²) in [6.45, 7) is 5.72. The van der Waals surface area contributed by atoms with Crippen LogP contribution < -0.4 is 10.6 Å². The zero-order chi connectivity index (χ0) is 23.2. The van der Waals surface area contributed by atoms with E-state index in [4.69, 9.17) is 33.1 Å². The molecular formula is C19H22Cl2F3N3O3. The van der Waals surface area contributed by atoms with Crippen molar-refractivity contribution in [3.8, 4) is 6.07 Å². The molecule has 1 aromatic carbocycles. The fourth-order valence-electron chi connectivity index (χ4n) is 2.73. The first-order valence-electron chi connectivity index (χ1n) is 8.91. The lowest BCUT2D eigenvalue weighted by atomic mass is 9.80. The zero-order valence-corrected chi connectivity index (χ0v) is 17.9. The van der Waals surface area contributed by atoms with Gasteiger partial charge in [0.15, 0.2) is 0 Å². The molecule has 1 aliphatic rings. The molecule has 1 aromatic rings. The lowest BCUT2D eigenvalue weighted by Crippen LogP contribution is -2.51. The third-order valence-corrected chi connectivity index (χ3v) is 5.41. The highest BCUT2D eigenvalue weighted by Gasteiger charge is 2.40. The Morgan fingerprint density at radius 2 is 1.90 bits per heavy atom. The topological polar surface area (TPSA) is 102 Å². The second kappa shape index (κ2) is 10.3. The van der Waals surface area contributed by atoms with Crippen LogP contribution in [0, 0.1) is 16.7 Å². The Balaban J connectivity index is 0.000000553. The van der Waals surface area contributed by atoms with Crippen LogP contribution in [0.2, 0.25) is 10.0 Å². The van der Waals surface area contributed by atoms with Gasteiger partial charge < -0.3 is 15.7 Å². The fraction of sp³-hybridized carbons (Fsp3) is 0.526. The first kappa shape index (κ1) is 26.0. The van der Waals surface area contributed by atoms with E-state index in [0.717, 1.165) is 18.5 Å². The lowest BCUT2D eigenvalue weighted by Gasteiger charge is -2.32. The number of amides is 1. The number of nitrogens with one attached hydrogen (secondary N) is 2. The predicted molar refractivity (Wildman–Crippen MR) is 106 cm³/mol. The normalized spacial score (nSPS) is 19.1. The average Bonchev–Trinajstić information content (AvgIpc) is 2.68. The van der Waals surface area contributed by atoms with Gasteiger partial charge in [-0.1, -0.05) is 43.1 Å². The number of piperidine rings is 1. The van der Waals surface area contributed by atoms with Crippen molar-refractivity contribution in [1.29, 1.82) is 5.26 Å². The molecule has 0 bridgehead atoms. The molecule has 0 radical (unpaired) electrons. The van der Waals surface area contributed by atoms with Crippen LogP contribution in [0.25, 0.3) is 0 Å². The van der Waals surface area contributed by atoms with Crippen LogP contribution in [0.5, 0.6) is 0 Å². The van der Waals surface area contributed by atoms with Crippen LogP contribution in [0.3, 0.4) is 0 Å². The molecule has 0 saturated carbocycles. The third kappa shape index (κ3) is 7.04. The largest absolute Gasteiger partial charge is 0.490 e. The Kier molecular flexibility index (Phi) is 8.96. The number of carboxylic acid groups (broad SMARTS) is 1. The van der Waals surface area contributed by atoms with Gasteiger partial charge in [0, 0.05) is 18.5 Å². The van der Waals surface area contributed by atoms with Crippen LogP contribution in [0.15, 0.2) is 18.2 Å². The number of carbonyl (C=O) groups is 2. The van der Waals surface area contributed by atoms with Crippen molar-refractivity contribution in [2.45, 2.75) is 38.3 Å². The second-order valence-corrected chi connectivity index (χ2v) is 8.29. The number of carboxylic acids is 1. The molecule has 1 heterocycles. The highest BCUT2D eigenvalue weighted by atomic mass is 35.5. The van der Waals surface area contributed by atoms with Gasteiger partial charge in [0.1, 0.15) is 5.41 Å². The maximum atomic E-state index is 12.5. The molecule has 11 heteroatoms. The van der Waals surface area contributed by atoms with E-state index >= 15 is 0 Å². The highest BCUT2D eigenvalue weighted by Crippen LogP contribution is 2.30. The van der Waals surface area contributed by atoms with Crippen LogP contribution in [0.4, 0.5) is 13.2 Å². The number of hydrogen-bond donors (Lipinski definition) is 3. The molecule has 0 aliphatic carbocycles. The summed E-state index contributed by atoms with van der Waals surface area (Å²) in [6, 6.07) is 7.67. The maximum absolute atomic E-state index is 12.5. The molecule has 1 amide bonds. The van der Waals surface area contributed by atoms with E-state index in [1.54, 1.807) is 6.07 Å². The van der Waals surface area contributed by atoms with E-state index in [-0.39, 0.29) is 11.3 Å². The second-order valence-electron chi connectivity index (χ2n) is 7.47. The van der Waals surface area contributed by atoms with Crippen molar-refractivity contribution in [1.82, 2.24) is 10.6 Å². The van der Waals surface area contributed by atoms with Crippen molar-refractivity contribution in [3.63, 3.8) is 0 Å². The molecular weight excluding hydrogens is 446 g/mol. The van der Waals surface area contributed by atoms with Crippen LogP contribution in [-0.4, -0.2) is 42.8 Å². The van der Waals surface area contributed by atoms with Gasteiger partial charge in [-0.15, -0.1) is 0 Å².